The van der Waals surface area contributed by atoms with Crippen molar-refractivity contribution in [3.63, 3.8) is 0 Å². The Hall–Kier alpha value is -1.84. The van der Waals surface area contributed by atoms with Crippen molar-refractivity contribution in [3.8, 4) is 0 Å². The summed E-state index contributed by atoms with van der Waals surface area (Å²) in [6.07, 6.45) is 1.15. The first-order valence-electron chi connectivity index (χ1n) is 7.51. The molecule has 0 aromatic heterocycles. The SMILES string of the molecule is CCC(C)C(NC(=O)CC(C)c1ccccc1C)C(N)=O. The lowest BCUT2D eigenvalue weighted by molar-refractivity contribution is -0.128. The van der Waals surface area contributed by atoms with Crippen molar-refractivity contribution in [2.24, 2.45) is 11.7 Å². The van der Waals surface area contributed by atoms with Crippen molar-refractivity contribution < 1.29 is 9.59 Å². The molecule has 116 valence electrons. The molecule has 1 rings (SSSR count). The number of carbonyl (C=O) groups is 2. The molecule has 3 unspecified atom stereocenters. The number of hydrogen-bond acceptors (Lipinski definition) is 2. The second-order valence-corrected chi connectivity index (χ2v) is 5.79. The minimum atomic E-state index is -0.591. The summed E-state index contributed by atoms with van der Waals surface area (Å²) in [5, 5.41) is 2.77. The van der Waals surface area contributed by atoms with Crippen LogP contribution in [0.2, 0.25) is 0 Å². The molecule has 4 nitrogen and oxygen atoms in total. The molecule has 2 amide bonds. The third kappa shape index (κ3) is 4.88. The lowest BCUT2D eigenvalue weighted by Crippen LogP contribution is -2.48. The Bertz CT molecular complexity index is 499. The maximum absolute atomic E-state index is 12.2. The van der Waals surface area contributed by atoms with E-state index in [1.54, 1.807) is 0 Å². The number of nitrogens with one attached hydrogen (secondary N) is 1. The summed E-state index contributed by atoms with van der Waals surface area (Å²) in [5.41, 5.74) is 7.71. The number of carbonyl (C=O) groups excluding carboxylic acids is 2. The molecule has 0 saturated heterocycles. The van der Waals surface area contributed by atoms with Gasteiger partial charge in [0.2, 0.25) is 11.8 Å². The van der Waals surface area contributed by atoms with Crippen LogP contribution in [0.5, 0.6) is 0 Å². The fourth-order valence-corrected chi connectivity index (χ4v) is 2.49. The van der Waals surface area contributed by atoms with Crippen LogP contribution in [0.3, 0.4) is 0 Å². The van der Waals surface area contributed by atoms with Gasteiger partial charge in [-0.05, 0) is 29.9 Å². The van der Waals surface area contributed by atoms with Gasteiger partial charge in [-0.25, -0.2) is 0 Å². The summed E-state index contributed by atoms with van der Waals surface area (Å²) in [4.78, 5) is 23.6. The quantitative estimate of drug-likeness (QED) is 0.810. The van der Waals surface area contributed by atoms with Crippen molar-refractivity contribution in [1.29, 1.82) is 0 Å². The van der Waals surface area contributed by atoms with E-state index in [9.17, 15) is 9.59 Å². The summed E-state index contributed by atoms with van der Waals surface area (Å²) in [7, 11) is 0. The van der Waals surface area contributed by atoms with Gasteiger partial charge in [0.05, 0.1) is 0 Å². The lowest BCUT2D eigenvalue weighted by atomic mass is 9.93. The highest BCUT2D eigenvalue weighted by Crippen LogP contribution is 2.22. The van der Waals surface area contributed by atoms with Gasteiger partial charge in [0, 0.05) is 6.42 Å². The molecule has 1 aromatic rings. The standard InChI is InChI=1S/C17H26N2O2/c1-5-11(2)16(17(18)21)19-15(20)10-13(4)14-9-7-6-8-12(14)3/h6-9,11,13,16H,5,10H2,1-4H3,(H2,18,21)(H,19,20). The van der Waals surface area contributed by atoms with E-state index in [0.717, 1.165) is 12.0 Å². The minimum absolute atomic E-state index is 0.0419. The molecule has 0 saturated carbocycles. The average Bonchev–Trinajstić information content (AvgIpc) is 2.44. The Balaban J connectivity index is 2.68. The summed E-state index contributed by atoms with van der Waals surface area (Å²) in [6, 6.07) is 7.44. The maximum atomic E-state index is 12.2. The normalized spacial score (nSPS) is 15.0. The molecule has 0 aliphatic carbocycles. The van der Waals surface area contributed by atoms with Crippen molar-refractivity contribution >= 4 is 11.8 Å². The molecule has 0 aliphatic heterocycles. The molecule has 1 aromatic carbocycles. The Morgan fingerprint density at radius 2 is 1.86 bits per heavy atom. The number of nitrogens with two attached hydrogens (primary N) is 1. The second kappa shape index (κ2) is 7.81. The third-order valence-corrected chi connectivity index (χ3v) is 4.05. The zero-order valence-corrected chi connectivity index (χ0v) is 13.3. The van der Waals surface area contributed by atoms with Gasteiger partial charge < -0.3 is 11.1 Å². The van der Waals surface area contributed by atoms with Gasteiger partial charge in [0.1, 0.15) is 6.04 Å². The number of aryl methyl sites for hydroxylation is 1. The predicted molar refractivity (Wildman–Crippen MR) is 84.8 cm³/mol. The fraction of sp³-hybridized carbons (Fsp3) is 0.529. The van der Waals surface area contributed by atoms with Gasteiger partial charge in [-0.15, -0.1) is 0 Å². The van der Waals surface area contributed by atoms with Crippen molar-refractivity contribution in [3.05, 3.63) is 35.4 Å². The number of amides is 2. The van der Waals surface area contributed by atoms with E-state index in [0.29, 0.717) is 6.42 Å². The summed E-state index contributed by atoms with van der Waals surface area (Å²) >= 11 is 0. The zero-order chi connectivity index (χ0) is 16.0. The zero-order valence-electron chi connectivity index (χ0n) is 13.3. The van der Waals surface area contributed by atoms with Crippen LogP contribution < -0.4 is 11.1 Å². The van der Waals surface area contributed by atoms with Crippen LogP contribution >= 0.6 is 0 Å². The lowest BCUT2D eigenvalue weighted by Gasteiger charge is -2.22. The minimum Gasteiger partial charge on any atom is -0.368 e. The molecule has 0 heterocycles. The molecule has 0 aliphatic rings. The van der Waals surface area contributed by atoms with Crippen LogP contribution in [0.4, 0.5) is 0 Å². The second-order valence-electron chi connectivity index (χ2n) is 5.79. The topological polar surface area (TPSA) is 72.2 Å². The fourth-order valence-electron chi connectivity index (χ4n) is 2.49. The average molecular weight is 290 g/mol. The van der Waals surface area contributed by atoms with Gasteiger partial charge in [0.15, 0.2) is 0 Å². The highest BCUT2D eigenvalue weighted by molar-refractivity contribution is 5.87. The third-order valence-electron chi connectivity index (χ3n) is 4.05. The Morgan fingerprint density at radius 3 is 2.38 bits per heavy atom. The van der Waals surface area contributed by atoms with E-state index >= 15 is 0 Å². The number of benzene rings is 1. The molecule has 3 N–H and O–H groups in total. The Labute approximate surface area is 127 Å². The van der Waals surface area contributed by atoms with Gasteiger partial charge >= 0.3 is 0 Å². The van der Waals surface area contributed by atoms with Crippen LogP contribution in [-0.4, -0.2) is 17.9 Å². The van der Waals surface area contributed by atoms with E-state index in [-0.39, 0.29) is 17.7 Å². The van der Waals surface area contributed by atoms with Crippen LogP contribution in [0.1, 0.15) is 50.7 Å². The predicted octanol–water partition coefficient (Wildman–Crippen LogP) is 2.50. The van der Waals surface area contributed by atoms with E-state index in [4.69, 9.17) is 5.73 Å². The first-order valence-corrected chi connectivity index (χ1v) is 7.51. The van der Waals surface area contributed by atoms with Crippen molar-refractivity contribution in [2.75, 3.05) is 0 Å². The summed E-state index contributed by atoms with van der Waals surface area (Å²) in [5.74, 6) is -0.451. The smallest absolute Gasteiger partial charge is 0.240 e. The van der Waals surface area contributed by atoms with E-state index < -0.39 is 11.9 Å². The number of rotatable bonds is 7. The highest BCUT2D eigenvalue weighted by Gasteiger charge is 2.24. The molecule has 4 heteroatoms. The van der Waals surface area contributed by atoms with Crippen LogP contribution in [0.15, 0.2) is 24.3 Å². The summed E-state index contributed by atoms with van der Waals surface area (Å²) < 4.78 is 0. The highest BCUT2D eigenvalue weighted by atomic mass is 16.2. The molecule has 0 radical (unpaired) electrons. The van der Waals surface area contributed by atoms with Gasteiger partial charge in [0.25, 0.3) is 0 Å². The van der Waals surface area contributed by atoms with Crippen LogP contribution in [0, 0.1) is 12.8 Å². The number of primary amides is 1. The maximum Gasteiger partial charge on any atom is 0.240 e. The summed E-state index contributed by atoms with van der Waals surface area (Å²) in [6.45, 7) is 7.95. The van der Waals surface area contributed by atoms with E-state index in [2.05, 4.69) is 5.32 Å². The largest absolute Gasteiger partial charge is 0.368 e. The van der Waals surface area contributed by atoms with Gasteiger partial charge in [-0.3, -0.25) is 9.59 Å². The first kappa shape index (κ1) is 17.2. The van der Waals surface area contributed by atoms with Crippen LogP contribution in [-0.2, 0) is 9.59 Å². The molecule has 21 heavy (non-hydrogen) atoms. The van der Waals surface area contributed by atoms with E-state index in [1.165, 1.54) is 5.56 Å². The van der Waals surface area contributed by atoms with Gasteiger partial charge in [-0.1, -0.05) is 51.5 Å². The van der Waals surface area contributed by atoms with Crippen molar-refractivity contribution in [2.45, 2.75) is 52.5 Å². The molecule has 0 spiro atoms. The molecule has 3 atom stereocenters. The number of hydrogen-bond donors (Lipinski definition) is 2. The Morgan fingerprint density at radius 1 is 1.24 bits per heavy atom. The molecule has 0 fully saturated rings. The molecular weight excluding hydrogens is 264 g/mol. The monoisotopic (exact) mass is 290 g/mol. The van der Waals surface area contributed by atoms with Crippen LogP contribution in [0.25, 0.3) is 0 Å². The first-order chi connectivity index (χ1) is 9.86. The van der Waals surface area contributed by atoms with Gasteiger partial charge in [-0.2, -0.15) is 0 Å². The Kier molecular flexibility index (Phi) is 6.40. The van der Waals surface area contributed by atoms with Crippen molar-refractivity contribution in [1.82, 2.24) is 5.32 Å². The van der Waals surface area contributed by atoms with E-state index in [1.807, 2.05) is 52.0 Å². The molecule has 0 bridgehead atoms. The molecular formula is C17H26N2O2.